The molecule has 1 aromatic rings. The molecule has 0 bridgehead atoms. The van der Waals surface area contributed by atoms with E-state index >= 15 is 0 Å². The van der Waals surface area contributed by atoms with Crippen molar-refractivity contribution < 1.29 is 18.7 Å². The number of aryl methyl sites for hydroxylation is 2. The number of esters is 1. The van der Waals surface area contributed by atoms with Crippen LogP contribution in [-0.4, -0.2) is 18.9 Å². The van der Waals surface area contributed by atoms with Crippen LogP contribution in [0.2, 0.25) is 0 Å². The molecule has 0 radical (unpaired) electrons. The molecule has 4 heteroatoms. The van der Waals surface area contributed by atoms with E-state index < -0.39 is 5.97 Å². The summed E-state index contributed by atoms with van der Waals surface area (Å²) in [6.07, 6.45) is 1.02. The van der Waals surface area contributed by atoms with Crippen LogP contribution in [0.3, 0.4) is 0 Å². The summed E-state index contributed by atoms with van der Waals surface area (Å²) in [4.78, 5) is 22.8. The number of methoxy groups -OCH3 is 1. The van der Waals surface area contributed by atoms with Crippen LogP contribution in [-0.2, 0) is 11.2 Å². The summed E-state index contributed by atoms with van der Waals surface area (Å²) in [7, 11) is 1.29. The van der Waals surface area contributed by atoms with Gasteiger partial charge >= 0.3 is 5.97 Å². The number of carbonyl (C=O) groups is 2. The second-order valence-electron chi connectivity index (χ2n) is 3.25. The average Bonchev–Trinajstić information content (AvgIpc) is 2.65. The number of ether oxygens (including phenoxy) is 1. The monoisotopic (exact) mass is 194 g/mol. The summed E-state index contributed by atoms with van der Waals surface area (Å²) in [5.41, 5.74) is 0.722. The molecule has 1 aromatic heterocycles. The summed E-state index contributed by atoms with van der Waals surface area (Å²) < 4.78 is 9.93. The van der Waals surface area contributed by atoms with Gasteiger partial charge in [0.1, 0.15) is 17.1 Å². The van der Waals surface area contributed by atoms with Crippen LogP contribution in [0.4, 0.5) is 0 Å². The van der Waals surface area contributed by atoms with Crippen molar-refractivity contribution in [2.24, 2.45) is 0 Å². The van der Waals surface area contributed by atoms with E-state index in [0.29, 0.717) is 35.5 Å². The number of rotatable bonds is 1. The van der Waals surface area contributed by atoms with Gasteiger partial charge in [-0.05, 0) is 6.92 Å². The maximum atomic E-state index is 11.5. The van der Waals surface area contributed by atoms with Gasteiger partial charge in [-0.15, -0.1) is 0 Å². The Morgan fingerprint density at radius 3 is 2.79 bits per heavy atom. The molecule has 14 heavy (non-hydrogen) atoms. The van der Waals surface area contributed by atoms with Gasteiger partial charge in [-0.25, -0.2) is 4.79 Å². The molecule has 0 aliphatic heterocycles. The maximum absolute atomic E-state index is 11.5. The Bertz CT molecular complexity index is 414. The maximum Gasteiger partial charge on any atom is 0.342 e. The van der Waals surface area contributed by atoms with E-state index in [9.17, 15) is 9.59 Å². The molecule has 0 spiro atoms. The Morgan fingerprint density at radius 1 is 1.43 bits per heavy atom. The van der Waals surface area contributed by atoms with Crippen LogP contribution in [0.15, 0.2) is 4.42 Å². The van der Waals surface area contributed by atoms with Gasteiger partial charge in [0.2, 0.25) is 0 Å². The molecule has 74 valence electrons. The molecule has 0 amide bonds. The summed E-state index contributed by atoms with van der Waals surface area (Å²) in [6, 6.07) is 0. The van der Waals surface area contributed by atoms with E-state index in [4.69, 9.17) is 4.42 Å². The lowest BCUT2D eigenvalue weighted by Crippen LogP contribution is -2.07. The van der Waals surface area contributed by atoms with Gasteiger partial charge in [0.25, 0.3) is 0 Å². The van der Waals surface area contributed by atoms with Crippen molar-refractivity contribution in [1.29, 1.82) is 0 Å². The standard InChI is InChI=1S/C10H10O4/c1-5-8(10(12)13-2)9-6(11)3-4-7(9)14-5/h3-4H2,1-2H3. The van der Waals surface area contributed by atoms with Crippen LogP contribution in [0.25, 0.3) is 0 Å². The number of furan rings is 1. The first-order chi connectivity index (χ1) is 6.65. The van der Waals surface area contributed by atoms with Crippen molar-refractivity contribution in [1.82, 2.24) is 0 Å². The fourth-order valence-electron chi connectivity index (χ4n) is 1.77. The van der Waals surface area contributed by atoms with E-state index in [2.05, 4.69) is 4.74 Å². The van der Waals surface area contributed by atoms with Gasteiger partial charge in [0.05, 0.1) is 12.7 Å². The van der Waals surface area contributed by atoms with E-state index in [-0.39, 0.29) is 5.78 Å². The molecule has 2 rings (SSSR count). The molecule has 1 aliphatic rings. The topological polar surface area (TPSA) is 56.5 Å². The molecule has 0 N–H and O–H groups in total. The summed E-state index contributed by atoms with van der Waals surface area (Å²) in [6.45, 7) is 1.66. The Morgan fingerprint density at radius 2 is 2.14 bits per heavy atom. The molecule has 4 nitrogen and oxygen atoms in total. The normalized spacial score (nSPS) is 14.3. The van der Waals surface area contributed by atoms with Crippen LogP contribution in [0, 0.1) is 6.92 Å². The van der Waals surface area contributed by atoms with Crippen LogP contribution >= 0.6 is 0 Å². The molecule has 0 saturated carbocycles. The number of hydrogen-bond acceptors (Lipinski definition) is 4. The minimum Gasteiger partial charge on any atom is -0.465 e. The number of hydrogen-bond donors (Lipinski definition) is 0. The SMILES string of the molecule is COC(=O)c1c(C)oc2c1C(=O)CC2. The summed E-state index contributed by atoms with van der Waals surface area (Å²) in [5.74, 6) is 0.558. The van der Waals surface area contributed by atoms with Gasteiger partial charge in [-0.3, -0.25) is 4.79 Å². The van der Waals surface area contributed by atoms with Crippen LogP contribution in [0.5, 0.6) is 0 Å². The lowest BCUT2D eigenvalue weighted by atomic mass is 10.1. The fraction of sp³-hybridized carbons (Fsp3) is 0.400. The third kappa shape index (κ3) is 1.07. The van der Waals surface area contributed by atoms with Crippen molar-refractivity contribution in [3.05, 3.63) is 22.6 Å². The quantitative estimate of drug-likeness (QED) is 0.636. The van der Waals surface area contributed by atoms with Crippen molar-refractivity contribution >= 4 is 11.8 Å². The lowest BCUT2D eigenvalue weighted by Gasteiger charge is -1.98. The van der Waals surface area contributed by atoms with E-state index in [1.165, 1.54) is 7.11 Å². The van der Waals surface area contributed by atoms with E-state index in [1.807, 2.05) is 0 Å². The molecule has 1 aliphatic carbocycles. The first kappa shape index (κ1) is 8.99. The second-order valence-corrected chi connectivity index (χ2v) is 3.25. The first-order valence-corrected chi connectivity index (χ1v) is 4.39. The highest BCUT2D eigenvalue weighted by Gasteiger charge is 2.32. The lowest BCUT2D eigenvalue weighted by molar-refractivity contribution is 0.0595. The summed E-state index contributed by atoms with van der Waals surface area (Å²) in [5, 5.41) is 0. The smallest absolute Gasteiger partial charge is 0.342 e. The Labute approximate surface area is 80.8 Å². The third-order valence-corrected chi connectivity index (χ3v) is 2.40. The second kappa shape index (κ2) is 2.97. The number of fused-ring (bicyclic) bond motifs is 1. The number of carbonyl (C=O) groups excluding carboxylic acids is 2. The van der Waals surface area contributed by atoms with Crippen molar-refractivity contribution in [2.75, 3.05) is 7.11 Å². The van der Waals surface area contributed by atoms with Gasteiger partial charge < -0.3 is 9.15 Å². The molecular weight excluding hydrogens is 184 g/mol. The zero-order valence-electron chi connectivity index (χ0n) is 8.05. The highest BCUT2D eigenvalue weighted by atomic mass is 16.5. The molecular formula is C10H10O4. The first-order valence-electron chi connectivity index (χ1n) is 4.39. The van der Waals surface area contributed by atoms with E-state index in [1.54, 1.807) is 6.92 Å². The molecule has 0 atom stereocenters. The van der Waals surface area contributed by atoms with Crippen molar-refractivity contribution in [3.63, 3.8) is 0 Å². The zero-order valence-corrected chi connectivity index (χ0v) is 8.05. The van der Waals surface area contributed by atoms with Gasteiger partial charge in [-0.1, -0.05) is 0 Å². The third-order valence-electron chi connectivity index (χ3n) is 2.40. The average molecular weight is 194 g/mol. The highest BCUT2D eigenvalue weighted by molar-refractivity contribution is 6.09. The molecule has 0 aromatic carbocycles. The van der Waals surface area contributed by atoms with Crippen molar-refractivity contribution in [3.8, 4) is 0 Å². The largest absolute Gasteiger partial charge is 0.465 e. The van der Waals surface area contributed by atoms with Crippen LogP contribution < -0.4 is 0 Å². The Balaban J connectivity index is 2.59. The zero-order chi connectivity index (χ0) is 10.3. The van der Waals surface area contributed by atoms with Crippen molar-refractivity contribution in [2.45, 2.75) is 19.8 Å². The van der Waals surface area contributed by atoms with Crippen LogP contribution in [0.1, 0.15) is 38.7 Å². The van der Waals surface area contributed by atoms with E-state index in [0.717, 1.165) is 0 Å². The predicted molar refractivity (Wildman–Crippen MR) is 47.4 cm³/mol. The molecule has 0 fully saturated rings. The molecule has 0 saturated heterocycles. The van der Waals surface area contributed by atoms with Gasteiger partial charge in [0.15, 0.2) is 5.78 Å². The molecule has 1 heterocycles. The van der Waals surface area contributed by atoms with Gasteiger partial charge in [-0.2, -0.15) is 0 Å². The fourth-order valence-corrected chi connectivity index (χ4v) is 1.77. The highest BCUT2D eigenvalue weighted by Crippen LogP contribution is 2.30. The molecule has 0 unspecified atom stereocenters. The minimum absolute atomic E-state index is 0.0303. The minimum atomic E-state index is -0.497. The number of ketones is 1. The Kier molecular flexibility index (Phi) is 1.91. The number of Topliss-reactive ketones (excluding diaryl/α,β-unsaturated/α-hetero) is 1. The summed E-state index contributed by atoms with van der Waals surface area (Å²) >= 11 is 0. The predicted octanol–water partition coefficient (Wildman–Crippen LogP) is 1.50. The Hall–Kier alpha value is -1.58. The van der Waals surface area contributed by atoms with Gasteiger partial charge in [0, 0.05) is 12.8 Å².